The van der Waals surface area contributed by atoms with Crippen molar-refractivity contribution in [2.24, 2.45) is 0 Å². The Morgan fingerprint density at radius 1 is 1.31 bits per heavy atom. The topological polar surface area (TPSA) is 15.3 Å². The number of hydrogen-bond acceptors (Lipinski definition) is 2. The van der Waals surface area contributed by atoms with Gasteiger partial charge in [-0.1, -0.05) is 12.1 Å². The molecule has 1 aromatic carbocycles. The van der Waals surface area contributed by atoms with Crippen LogP contribution in [-0.2, 0) is 6.67 Å². The van der Waals surface area contributed by atoms with Crippen LogP contribution in [0.3, 0.4) is 0 Å². The van der Waals surface area contributed by atoms with Crippen LogP contribution in [0.1, 0.15) is 17.5 Å². The van der Waals surface area contributed by atoms with E-state index in [1.54, 1.807) is 0 Å². The van der Waals surface area contributed by atoms with Gasteiger partial charge in [0.05, 0.1) is 0 Å². The quantitative estimate of drug-likeness (QED) is 0.825. The van der Waals surface area contributed by atoms with Gasteiger partial charge in [-0.05, 0) is 37.1 Å². The number of alkyl halides is 1. The van der Waals surface area contributed by atoms with Crippen LogP contribution in [0.2, 0.25) is 0 Å². The van der Waals surface area contributed by atoms with Crippen LogP contribution in [0.4, 0.5) is 10.1 Å². The first-order valence-corrected chi connectivity index (χ1v) is 5.92. The maximum Gasteiger partial charge on any atom is 0.115 e. The third-order valence-electron chi connectivity index (χ3n) is 3.10. The zero-order valence-electron chi connectivity index (χ0n) is 9.80. The Balaban J connectivity index is 2.18. The highest BCUT2D eigenvalue weighted by Gasteiger charge is 2.11. The molecule has 1 aromatic rings. The molecule has 2 rings (SSSR count). The van der Waals surface area contributed by atoms with E-state index in [4.69, 9.17) is 0 Å². The number of rotatable bonds is 2. The molecule has 0 aliphatic carbocycles. The molecule has 88 valence electrons. The Labute approximate surface area is 96.5 Å². The van der Waals surface area contributed by atoms with E-state index in [2.05, 4.69) is 23.2 Å². The van der Waals surface area contributed by atoms with Gasteiger partial charge < -0.3 is 10.2 Å². The maximum atomic E-state index is 12.5. The average Bonchev–Trinajstić information content (AvgIpc) is 2.57. The zero-order valence-corrected chi connectivity index (χ0v) is 9.80. The van der Waals surface area contributed by atoms with E-state index in [0.717, 1.165) is 31.7 Å². The molecular weight excluding hydrogens is 203 g/mol. The van der Waals surface area contributed by atoms with Crippen molar-refractivity contribution in [2.75, 3.05) is 31.1 Å². The Hall–Kier alpha value is -1.09. The zero-order chi connectivity index (χ0) is 11.4. The molecule has 1 aliphatic heterocycles. The number of hydrogen-bond donors (Lipinski definition) is 1. The Morgan fingerprint density at radius 2 is 2.19 bits per heavy atom. The van der Waals surface area contributed by atoms with Crippen LogP contribution in [-0.4, -0.2) is 26.2 Å². The van der Waals surface area contributed by atoms with E-state index in [1.807, 2.05) is 12.1 Å². The number of nitrogens with zero attached hydrogens (tertiary/aromatic N) is 1. The molecular formula is C13H19FN2. The second-order valence-electron chi connectivity index (χ2n) is 4.35. The minimum absolute atomic E-state index is 0.372. The standard InChI is InChI=1S/C13H19FN2/c1-11-9-12(10-14)3-4-13(11)16-7-2-5-15-6-8-16/h3-4,9,15H,2,5-8,10H2,1H3. The van der Waals surface area contributed by atoms with Crippen molar-refractivity contribution in [1.29, 1.82) is 0 Å². The third-order valence-corrected chi connectivity index (χ3v) is 3.10. The van der Waals surface area contributed by atoms with Crippen LogP contribution in [0.25, 0.3) is 0 Å². The smallest absolute Gasteiger partial charge is 0.115 e. The number of halogens is 1. The minimum atomic E-state index is -0.372. The van der Waals surface area contributed by atoms with Crippen LogP contribution in [0.15, 0.2) is 18.2 Å². The van der Waals surface area contributed by atoms with Gasteiger partial charge in [0.1, 0.15) is 6.67 Å². The van der Waals surface area contributed by atoms with E-state index in [0.29, 0.717) is 0 Å². The van der Waals surface area contributed by atoms with E-state index in [1.165, 1.54) is 17.7 Å². The molecule has 0 amide bonds. The molecule has 2 nitrogen and oxygen atoms in total. The summed E-state index contributed by atoms with van der Waals surface area (Å²) in [6.07, 6.45) is 1.17. The van der Waals surface area contributed by atoms with Crippen LogP contribution in [0.5, 0.6) is 0 Å². The largest absolute Gasteiger partial charge is 0.370 e. The highest BCUT2D eigenvalue weighted by molar-refractivity contribution is 5.54. The lowest BCUT2D eigenvalue weighted by atomic mass is 10.1. The number of nitrogens with one attached hydrogen (secondary N) is 1. The molecule has 1 heterocycles. The predicted octanol–water partition coefficient (Wildman–Crippen LogP) is 2.26. The van der Waals surface area contributed by atoms with Crippen LogP contribution < -0.4 is 10.2 Å². The normalized spacial score (nSPS) is 17.2. The number of anilines is 1. The molecule has 1 N–H and O–H groups in total. The maximum absolute atomic E-state index is 12.5. The molecule has 0 radical (unpaired) electrons. The summed E-state index contributed by atoms with van der Waals surface area (Å²) in [5, 5.41) is 3.39. The summed E-state index contributed by atoms with van der Waals surface area (Å²) >= 11 is 0. The van der Waals surface area contributed by atoms with Gasteiger partial charge in [0.2, 0.25) is 0 Å². The van der Waals surface area contributed by atoms with Crippen molar-refractivity contribution in [3.05, 3.63) is 29.3 Å². The molecule has 1 aliphatic rings. The lowest BCUT2D eigenvalue weighted by molar-refractivity contribution is 0.485. The molecule has 16 heavy (non-hydrogen) atoms. The van der Waals surface area contributed by atoms with Gasteiger partial charge in [-0.25, -0.2) is 4.39 Å². The van der Waals surface area contributed by atoms with Crippen LogP contribution >= 0.6 is 0 Å². The third kappa shape index (κ3) is 2.53. The fraction of sp³-hybridized carbons (Fsp3) is 0.538. The fourth-order valence-electron chi connectivity index (χ4n) is 2.24. The SMILES string of the molecule is Cc1cc(CF)ccc1N1CCCNCC1. The summed E-state index contributed by atoms with van der Waals surface area (Å²) in [5.41, 5.74) is 3.20. The Bertz CT molecular complexity index is 344. The minimum Gasteiger partial charge on any atom is -0.370 e. The summed E-state index contributed by atoms with van der Waals surface area (Å²) < 4.78 is 12.5. The van der Waals surface area contributed by atoms with Gasteiger partial charge in [0.15, 0.2) is 0 Å². The summed E-state index contributed by atoms with van der Waals surface area (Å²) in [4.78, 5) is 2.39. The van der Waals surface area contributed by atoms with Crippen molar-refractivity contribution in [3.8, 4) is 0 Å². The number of aryl methyl sites for hydroxylation is 1. The first-order chi connectivity index (χ1) is 7.81. The highest BCUT2D eigenvalue weighted by Crippen LogP contribution is 2.22. The predicted molar refractivity (Wildman–Crippen MR) is 65.7 cm³/mol. The van der Waals surface area contributed by atoms with Crippen LogP contribution in [0, 0.1) is 6.92 Å². The summed E-state index contributed by atoms with van der Waals surface area (Å²) in [5.74, 6) is 0. The second kappa shape index (κ2) is 5.30. The molecule has 0 saturated carbocycles. The van der Waals surface area contributed by atoms with Crippen molar-refractivity contribution in [2.45, 2.75) is 20.0 Å². The summed E-state index contributed by atoms with van der Waals surface area (Å²) in [7, 11) is 0. The van der Waals surface area contributed by atoms with Gasteiger partial charge in [0.25, 0.3) is 0 Å². The first kappa shape index (κ1) is 11.4. The summed E-state index contributed by atoms with van der Waals surface area (Å²) in [6.45, 7) is 5.94. The van der Waals surface area contributed by atoms with Gasteiger partial charge in [-0.3, -0.25) is 0 Å². The molecule has 1 saturated heterocycles. The second-order valence-corrected chi connectivity index (χ2v) is 4.35. The van der Waals surface area contributed by atoms with E-state index >= 15 is 0 Å². The van der Waals surface area contributed by atoms with Gasteiger partial charge in [0, 0.05) is 25.3 Å². The molecule has 0 bridgehead atoms. The van der Waals surface area contributed by atoms with E-state index < -0.39 is 0 Å². The molecule has 0 spiro atoms. The van der Waals surface area contributed by atoms with Crippen molar-refractivity contribution in [3.63, 3.8) is 0 Å². The highest BCUT2D eigenvalue weighted by atomic mass is 19.1. The van der Waals surface area contributed by atoms with Gasteiger partial charge in [-0.15, -0.1) is 0 Å². The first-order valence-electron chi connectivity index (χ1n) is 5.92. The fourth-order valence-corrected chi connectivity index (χ4v) is 2.24. The van der Waals surface area contributed by atoms with E-state index in [-0.39, 0.29) is 6.67 Å². The molecule has 0 unspecified atom stereocenters. The summed E-state index contributed by atoms with van der Waals surface area (Å²) in [6, 6.07) is 5.89. The Morgan fingerprint density at radius 3 is 2.94 bits per heavy atom. The lowest BCUT2D eigenvalue weighted by Gasteiger charge is -2.24. The molecule has 0 aromatic heterocycles. The van der Waals surface area contributed by atoms with Gasteiger partial charge in [-0.2, -0.15) is 0 Å². The Kier molecular flexibility index (Phi) is 3.78. The van der Waals surface area contributed by atoms with Crippen molar-refractivity contribution >= 4 is 5.69 Å². The van der Waals surface area contributed by atoms with Gasteiger partial charge >= 0.3 is 0 Å². The van der Waals surface area contributed by atoms with Crippen molar-refractivity contribution in [1.82, 2.24) is 5.32 Å². The number of benzene rings is 1. The molecule has 0 atom stereocenters. The average molecular weight is 222 g/mol. The molecule has 3 heteroatoms. The van der Waals surface area contributed by atoms with E-state index in [9.17, 15) is 4.39 Å². The monoisotopic (exact) mass is 222 g/mol. The lowest BCUT2D eigenvalue weighted by Crippen LogP contribution is -2.28. The van der Waals surface area contributed by atoms with Crippen molar-refractivity contribution < 1.29 is 4.39 Å². The molecule has 1 fully saturated rings.